The van der Waals surface area contributed by atoms with Crippen molar-refractivity contribution in [1.29, 1.82) is 0 Å². The van der Waals surface area contributed by atoms with Gasteiger partial charge >= 0.3 is 17.2 Å². The lowest BCUT2D eigenvalue weighted by atomic mass is 10.4. The van der Waals surface area contributed by atoms with Crippen LogP contribution in [-0.2, 0) is 60.3 Å². The Morgan fingerprint density at radius 1 is 0.254 bits per heavy atom. The summed E-state index contributed by atoms with van der Waals surface area (Å²) in [4.78, 5) is 0. The summed E-state index contributed by atoms with van der Waals surface area (Å²) in [7, 11) is -4.37. The highest BCUT2D eigenvalue weighted by atomic mass is 31.2. The lowest BCUT2D eigenvalue weighted by molar-refractivity contribution is -0.0226. The van der Waals surface area contributed by atoms with E-state index in [4.69, 9.17) is 60.3 Å². The van der Waals surface area contributed by atoms with Gasteiger partial charge in [-0.15, -0.1) is 0 Å². The van der Waals surface area contributed by atoms with Crippen LogP contribution in [0, 0.1) is 0 Å². The molecule has 0 rings (SSSR count). The van der Waals surface area contributed by atoms with Gasteiger partial charge in [-0.25, -0.2) is 0 Å². The van der Waals surface area contributed by atoms with E-state index in [1.807, 2.05) is 41.5 Å². The minimum Gasteiger partial charge on any atom is -0.391 e. The van der Waals surface area contributed by atoms with Crippen molar-refractivity contribution in [2.75, 3.05) is 92.5 Å². The van der Waals surface area contributed by atoms with Crippen LogP contribution in [0.5, 0.6) is 0 Å². The smallest absolute Gasteiger partial charge is 0.333 e. The van der Waals surface area contributed by atoms with Crippen molar-refractivity contribution in [2.24, 2.45) is 0 Å². The minimum absolute atomic E-state index is 0.153. The van der Waals surface area contributed by atoms with Crippen LogP contribution in [0.25, 0.3) is 0 Å². The highest BCUT2D eigenvalue weighted by molar-refractivity contribution is 7.59. The van der Waals surface area contributed by atoms with Crippen molar-refractivity contribution >= 4 is 25.1 Å². The number of hydrogen-bond acceptors (Lipinski definition) is 18. The molecule has 0 aliphatic heterocycles. The molecule has 0 fully saturated rings. The molecular weight excluding hydrogens is 885 g/mol. The predicted octanol–water partition coefficient (Wildman–Crippen LogP) is 5.54. The molecule has 0 aromatic carbocycles. The summed E-state index contributed by atoms with van der Waals surface area (Å²) in [5.41, 5.74) is 0.480. The van der Waals surface area contributed by atoms with Crippen molar-refractivity contribution in [3.05, 3.63) is 0 Å². The normalized spacial score (nSPS) is 20.6. The number of hydrogen-bond donors (Lipinski definition) is 5. The number of aliphatic hydroxyl groups is 5. The molecule has 0 aromatic heterocycles. The number of aliphatic hydroxyl groups excluding tert-OH is 5. The summed E-state index contributed by atoms with van der Waals surface area (Å²) in [6.45, 7) is 29.9. The zero-order chi connectivity index (χ0) is 47.9. The third kappa shape index (κ3) is 37.2. The summed E-state index contributed by atoms with van der Waals surface area (Å²) < 4.78 is 77.4. The highest BCUT2D eigenvalue weighted by Crippen LogP contribution is 2.51. The van der Waals surface area contributed by atoms with Crippen LogP contribution < -0.4 is 0 Å². The standard InChI is InChI=1S/C42H89O18P3/c1-29(43)15-48-20-34(6)55-62(56-35(7)21-49-16-30(2)44)59-38(10)24-53-27-41(13)61(40(12)26-52-19-33(5)47)42(14)28-54-25-39(11)60-63(57-36(8)22-50-17-31(3)45)58-37(9)23-51-18-32(4)46/h29-47H,15-28H2,1-14H3. The molecule has 380 valence electrons. The fraction of sp³-hybridized carbons (Fsp3) is 1.00. The molecular formula is C42H89O18P3. The fourth-order valence-corrected chi connectivity index (χ4v) is 11.5. The van der Waals surface area contributed by atoms with Crippen LogP contribution in [0.1, 0.15) is 96.9 Å². The van der Waals surface area contributed by atoms with E-state index in [0.29, 0.717) is 19.8 Å². The van der Waals surface area contributed by atoms with Crippen LogP contribution >= 0.6 is 25.1 Å². The Hall–Kier alpha value is 0.570. The van der Waals surface area contributed by atoms with Crippen LogP contribution in [0.3, 0.4) is 0 Å². The lowest BCUT2D eigenvalue weighted by Gasteiger charge is -2.35. The second kappa shape index (κ2) is 38.4. The summed E-state index contributed by atoms with van der Waals surface area (Å²) >= 11 is 0. The molecule has 63 heavy (non-hydrogen) atoms. The van der Waals surface area contributed by atoms with Crippen LogP contribution in [0.4, 0.5) is 0 Å². The van der Waals surface area contributed by atoms with Gasteiger partial charge in [0, 0.05) is 17.0 Å². The molecule has 18 nitrogen and oxygen atoms in total. The third-order valence-corrected chi connectivity index (χ3v) is 14.8. The average molecular weight is 975 g/mol. The van der Waals surface area contributed by atoms with E-state index in [0.717, 1.165) is 0 Å². The van der Waals surface area contributed by atoms with Gasteiger partial charge in [-0.1, -0.05) is 28.7 Å². The maximum Gasteiger partial charge on any atom is 0.333 e. The van der Waals surface area contributed by atoms with Gasteiger partial charge in [0.25, 0.3) is 0 Å². The Morgan fingerprint density at radius 3 is 0.587 bits per heavy atom. The van der Waals surface area contributed by atoms with Gasteiger partial charge in [0.1, 0.15) is 0 Å². The summed E-state index contributed by atoms with van der Waals surface area (Å²) in [6, 6.07) is 0. The molecule has 0 bridgehead atoms. The molecule has 0 aromatic rings. The SMILES string of the molecule is CC(O)COCC(C)OP(OC(C)COCC(C)O)OC(C)COCC(C)P(C(C)COCC(C)O)C(C)COCC(C)OP(OC(C)COCC(C)O)OC(C)COCC(C)O. The van der Waals surface area contributed by atoms with Crippen molar-refractivity contribution in [3.8, 4) is 0 Å². The highest BCUT2D eigenvalue weighted by Gasteiger charge is 2.31. The first-order chi connectivity index (χ1) is 29.6. The van der Waals surface area contributed by atoms with Gasteiger partial charge in [0.05, 0.1) is 160 Å². The first-order valence-corrected chi connectivity index (χ1v) is 26.2. The van der Waals surface area contributed by atoms with Crippen molar-refractivity contribution in [1.82, 2.24) is 0 Å². The molecule has 0 amide bonds. The summed E-state index contributed by atoms with van der Waals surface area (Å²) in [6.07, 6.45) is -5.18. The van der Waals surface area contributed by atoms with E-state index in [9.17, 15) is 25.5 Å². The Morgan fingerprint density at radius 2 is 0.413 bits per heavy atom. The Kier molecular flexibility index (Phi) is 38.8. The van der Waals surface area contributed by atoms with Gasteiger partial charge in [-0.3, -0.25) is 0 Å². The van der Waals surface area contributed by atoms with Gasteiger partial charge in [-0.2, -0.15) is 0 Å². The van der Waals surface area contributed by atoms with Gasteiger partial charge < -0.3 is 85.8 Å². The van der Waals surface area contributed by atoms with E-state index in [1.54, 1.807) is 34.6 Å². The Labute approximate surface area is 383 Å². The maximum absolute atomic E-state index is 9.83. The molecule has 0 aliphatic rings. The second-order valence-corrected chi connectivity index (χ2v) is 22.6. The average Bonchev–Trinajstić information content (AvgIpc) is 3.14. The molecule has 5 N–H and O–H groups in total. The minimum atomic E-state index is -1.82. The maximum atomic E-state index is 9.83. The molecule has 14 atom stereocenters. The molecule has 0 saturated carbocycles. The quantitative estimate of drug-likeness (QED) is 0.0474. The van der Waals surface area contributed by atoms with Crippen LogP contribution in [0.15, 0.2) is 0 Å². The van der Waals surface area contributed by atoms with Gasteiger partial charge in [-0.05, 0) is 76.2 Å². The lowest BCUT2D eigenvalue weighted by Crippen LogP contribution is -2.30. The van der Waals surface area contributed by atoms with E-state index in [1.165, 1.54) is 0 Å². The van der Waals surface area contributed by atoms with Crippen LogP contribution in [-0.4, -0.2) is 202 Å². The molecule has 0 heterocycles. The largest absolute Gasteiger partial charge is 0.391 e. The molecule has 0 aliphatic carbocycles. The van der Waals surface area contributed by atoms with E-state index >= 15 is 0 Å². The molecule has 0 saturated heterocycles. The summed E-state index contributed by atoms with van der Waals surface area (Å²) in [5.74, 6) is 0. The monoisotopic (exact) mass is 975 g/mol. The predicted molar refractivity (Wildman–Crippen MR) is 247 cm³/mol. The third-order valence-electron chi connectivity index (χ3n) is 8.11. The zero-order valence-electron chi connectivity index (χ0n) is 40.9. The number of ether oxygens (including phenoxy) is 7. The zero-order valence-corrected chi connectivity index (χ0v) is 43.6. The van der Waals surface area contributed by atoms with E-state index in [2.05, 4.69) is 20.8 Å². The number of rotatable bonds is 43. The molecule has 0 radical (unpaired) electrons. The Balaban J connectivity index is 5.56. The van der Waals surface area contributed by atoms with Crippen molar-refractivity contribution < 1.29 is 85.8 Å². The Bertz CT molecular complexity index is 929. The fourth-order valence-electron chi connectivity index (χ4n) is 5.61. The second-order valence-electron chi connectivity index (χ2n) is 16.9. The van der Waals surface area contributed by atoms with Crippen LogP contribution in [0.2, 0.25) is 0 Å². The van der Waals surface area contributed by atoms with Crippen molar-refractivity contribution in [2.45, 2.75) is 181 Å². The van der Waals surface area contributed by atoms with E-state index in [-0.39, 0.29) is 126 Å². The van der Waals surface area contributed by atoms with Gasteiger partial charge in [0.15, 0.2) is 0 Å². The first kappa shape index (κ1) is 63.6. The summed E-state index contributed by atoms with van der Waals surface area (Å²) in [5, 5.41) is 48.1. The van der Waals surface area contributed by atoms with Crippen molar-refractivity contribution in [3.63, 3.8) is 0 Å². The molecule has 21 heteroatoms. The molecule has 14 unspecified atom stereocenters. The van der Waals surface area contributed by atoms with Gasteiger partial charge in [0.2, 0.25) is 0 Å². The van der Waals surface area contributed by atoms with E-state index < -0.39 is 55.6 Å². The molecule has 0 spiro atoms. The first-order valence-electron chi connectivity index (χ1n) is 22.4. The topological polar surface area (TPSA) is 221 Å².